The van der Waals surface area contributed by atoms with Crippen molar-refractivity contribution < 1.29 is 4.79 Å². The van der Waals surface area contributed by atoms with Crippen molar-refractivity contribution in [1.82, 2.24) is 14.9 Å². The summed E-state index contributed by atoms with van der Waals surface area (Å²) in [7, 11) is 1.81. The Balaban J connectivity index is 2.12. The highest BCUT2D eigenvalue weighted by atomic mass is 32.2. The van der Waals surface area contributed by atoms with Crippen LogP contribution in [0.4, 0.5) is 5.82 Å². The third-order valence-electron chi connectivity index (χ3n) is 2.65. The summed E-state index contributed by atoms with van der Waals surface area (Å²) in [5.41, 5.74) is 5.82. The zero-order chi connectivity index (χ0) is 11.5. The van der Waals surface area contributed by atoms with Crippen LogP contribution in [0.2, 0.25) is 0 Å². The highest BCUT2D eigenvalue weighted by Gasteiger charge is 2.25. The topological polar surface area (TPSA) is 72.1 Å². The molecule has 0 radical (unpaired) electrons. The summed E-state index contributed by atoms with van der Waals surface area (Å²) in [4.78, 5) is 21.6. The van der Waals surface area contributed by atoms with Crippen LogP contribution in [-0.2, 0) is 0 Å². The number of anilines is 1. The number of nitrogens with two attached hydrogens (primary N) is 1. The molecule has 1 aromatic heterocycles. The Kier molecular flexibility index (Phi) is 3.28. The second-order valence-electron chi connectivity index (χ2n) is 3.76. The number of amides is 1. The molecule has 0 aromatic carbocycles. The smallest absolute Gasteiger partial charge is 0.274 e. The lowest BCUT2D eigenvalue weighted by molar-refractivity contribution is 0.0741. The van der Waals surface area contributed by atoms with Gasteiger partial charge in [0, 0.05) is 18.8 Å². The molecular formula is C10H14N4OS. The summed E-state index contributed by atoms with van der Waals surface area (Å²) < 4.78 is 0. The molecule has 1 atom stereocenters. The lowest BCUT2D eigenvalue weighted by atomic mass is 10.2. The number of hydrogen-bond acceptors (Lipinski definition) is 5. The SMILES string of the molecule is CN(C(=O)c1cncc(N)n1)C1CCSC1. The Morgan fingerprint density at radius 1 is 1.62 bits per heavy atom. The van der Waals surface area contributed by atoms with E-state index in [-0.39, 0.29) is 11.7 Å². The number of thioether (sulfide) groups is 1. The normalized spacial score (nSPS) is 19.7. The number of aromatic nitrogens is 2. The van der Waals surface area contributed by atoms with Crippen LogP contribution in [0.25, 0.3) is 0 Å². The van der Waals surface area contributed by atoms with Crippen LogP contribution >= 0.6 is 11.8 Å². The fourth-order valence-electron chi connectivity index (χ4n) is 1.66. The molecular weight excluding hydrogens is 224 g/mol. The Bertz CT molecular complexity index is 392. The standard InChI is InChI=1S/C10H14N4OS/c1-14(7-2-3-16-6-7)10(15)8-4-12-5-9(11)13-8/h4-5,7H,2-3,6H2,1H3,(H2,11,13). The second kappa shape index (κ2) is 4.69. The Hall–Kier alpha value is -1.30. The molecule has 1 amide bonds. The van der Waals surface area contributed by atoms with E-state index < -0.39 is 0 Å². The number of nitrogens with zero attached hydrogens (tertiary/aromatic N) is 3. The summed E-state index contributed by atoms with van der Waals surface area (Å²) in [6.45, 7) is 0. The van der Waals surface area contributed by atoms with Gasteiger partial charge >= 0.3 is 0 Å². The maximum Gasteiger partial charge on any atom is 0.274 e. The number of hydrogen-bond donors (Lipinski definition) is 1. The summed E-state index contributed by atoms with van der Waals surface area (Å²) >= 11 is 1.87. The lowest BCUT2D eigenvalue weighted by Crippen LogP contribution is -2.37. The minimum Gasteiger partial charge on any atom is -0.382 e. The molecule has 2 heterocycles. The van der Waals surface area contributed by atoms with Gasteiger partial charge in [0.2, 0.25) is 0 Å². The van der Waals surface area contributed by atoms with Gasteiger partial charge in [-0.3, -0.25) is 9.78 Å². The molecule has 86 valence electrons. The third-order valence-corrected chi connectivity index (χ3v) is 3.79. The molecule has 1 fully saturated rings. The molecule has 0 bridgehead atoms. The van der Waals surface area contributed by atoms with Gasteiger partial charge in [0.25, 0.3) is 5.91 Å². The van der Waals surface area contributed by atoms with Crippen LogP contribution in [0.3, 0.4) is 0 Å². The monoisotopic (exact) mass is 238 g/mol. The highest BCUT2D eigenvalue weighted by Crippen LogP contribution is 2.22. The fraction of sp³-hybridized carbons (Fsp3) is 0.500. The molecule has 0 spiro atoms. The van der Waals surface area contributed by atoms with Crippen molar-refractivity contribution in [2.75, 3.05) is 24.3 Å². The molecule has 1 aliphatic rings. The van der Waals surface area contributed by atoms with Crippen LogP contribution in [0.15, 0.2) is 12.4 Å². The lowest BCUT2D eigenvalue weighted by Gasteiger charge is -2.23. The van der Waals surface area contributed by atoms with Crippen LogP contribution in [0.1, 0.15) is 16.9 Å². The predicted octanol–water partition coefficient (Wildman–Crippen LogP) is 0.636. The van der Waals surface area contributed by atoms with E-state index in [1.54, 1.807) is 4.90 Å². The first-order chi connectivity index (χ1) is 7.68. The maximum absolute atomic E-state index is 12.0. The maximum atomic E-state index is 12.0. The van der Waals surface area contributed by atoms with Crippen LogP contribution in [0, 0.1) is 0 Å². The highest BCUT2D eigenvalue weighted by molar-refractivity contribution is 7.99. The van der Waals surface area contributed by atoms with Crippen molar-refractivity contribution in [3.63, 3.8) is 0 Å². The van der Waals surface area contributed by atoms with Gasteiger partial charge in [0.15, 0.2) is 0 Å². The minimum absolute atomic E-state index is 0.104. The van der Waals surface area contributed by atoms with E-state index in [0.717, 1.165) is 17.9 Å². The Labute approximate surface area is 98.4 Å². The van der Waals surface area contributed by atoms with E-state index in [1.165, 1.54) is 12.4 Å². The number of nitrogen functional groups attached to an aromatic ring is 1. The summed E-state index contributed by atoms with van der Waals surface area (Å²) in [5.74, 6) is 2.29. The minimum atomic E-state index is -0.104. The van der Waals surface area contributed by atoms with Gasteiger partial charge in [-0.25, -0.2) is 4.98 Å². The zero-order valence-electron chi connectivity index (χ0n) is 9.09. The molecule has 0 saturated carbocycles. The number of rotatable bonds is 2. The van der Waals surface area contributed by atoms with Crippen molar-refractivity contribution in [3.05, 3.63) is 18.1 Å². The van der Waals surface area contributed by atoms with E-state index in [4.69, 9.17) is 5.73 Å². The molecule has 6 heteroatoms. The number of carbonyl (C=O) groups excluding carboxylic acids is 1. The summed E-state index contributed by atoms with van der Waals surface area (Å²) in [6.07, 6.45) is 3.93. The van der Waals surface area contributed by atoms with Gasteiger partial charge in [-0.2, -0.15) is 11.8 Å². The first kappa shape index (κ1) is 11.2. The van der Waals surface area contributed by atoms with E-state index in [9.17, 15) is 4.79 Å². The summed E-state index contributed by atoms with van der Waals surface area (Å²) in [5, 5.41) is 0. The van der Waals surface area contributed by atoms with Gasteiger partial charge in [-0.05, 0) is 12.2 Å². The van der Waals surface area contributed by atoms with Crippen LogP contribution < -0.4 is 5.73 Å². The van der Waals surface area contributed by atoms with Crippen molar-refractivity contribution >= 4 is 23.5 Å². The van der Waals surface area contributed by atoms with Crippen molar-refractivity contribution in [3.8, 4) is 0 Å². The largest absolute Gasteiger partial charge is 0.382 e. The van der Waals surface area contributed by atoms with Crippen molar-refractivity contribution in [1.29, 1.82) is 0 Å². The van der Waals surface area contributed by atoms with E-state index in [1.807, 2.05) is 18.8 Å². The fourth-order valence-corrected chi connectivity index (χ4v) is 2.93. The zero-order valence-corrected chi connectivity index (χ0v) is 9.91. The van der Waals surface area contributed by atoms with Gasteiger partial charge < -0.3 is 10.6 Å². The van der Waals surface area contributed by atoms with E-state index in [0.29, 0.717) is 11.7 Å². The molecule has 0 aliphatic carbocycles. The average molecular weight is 238 g/mol. The van der Waals surface area contributed by atoms with Gasteiger partial charge in [0.1, 0.15) is 11.5 Å². The average Bonchev–Trinajstić information content (AvgIpc) is 2.80. The summed E-state index contributed by atoms with van der Waals surface area (Å²) in [6, 6.07) is 0.306. The molecule has 2 N–H and O–H groups in total. The predicted molar refractivity (Wildman–Crippen MR) is 64.3 cm³/mol. The molecule has 5 nitrogen and oxygen atoms in total. The second-order valence-corrected chi connectivity index (χ2v) is 4.91. The quantitative estimate of drug-likeness (QED) is 0.818. The Morgan fingerprint density at radius 3 is 3.06 bits per heavy atom. The van der Waals surface area contributed by atoms with Gasteiger partial charge in [-0.15, -0.1) is 0 Å². The van der Waals surface area contributed by atoms with E-state index in [2.05, 4.69) is 9.97 Å². The first-order valence-electron chi connectivity index (χ1n) is 5.11. The van der Waals surface area contributed by atoms with Gasteiger partial charge in [-0.1, -0.05) is 0 Å². The molecule has 1 saturated heterocycles. The molecule has 1 unspecified atom stereocenters. The third kappa shape index (κ3) is 2.27. The molecule has 1 aliphatic heterocycles. The van der Waals surface area contributed by atoms with Crippen molar-refractivity contribution in [2.45, 2.75) is 12.5 Å². The van der Waals surface area contributed by atoms with Crippen molar-refractivity contribution in [2.24, 2.45) is 0 Å². The molecule has 1 aromatic rings. The van der Waals surface area contributed by atoms with E-state index >= 15 is 0 Å². The van der Waals surface area contributed by atoms with Crippen LogP contribution in [0.5, 0.6) is 0 Å². The first-order valence-corrected chi connectivity index (χ1v) is 6.26. The molecule has 2 rings (SSSR count). The van der Waals surface area contributed by atoms with Gasteiger partial charge in [0.05, 0.1) is 12.4 Å². The molecule has 16 heavy (non-hydrogen) atoms. The Morgan fingerprint density at radius 2 is 2.44 bits per heavy atom. The van der Waals surface area contributed by atoms with Crippen LogP contribution in [-0.4, -0.2) is 45.4 Å². The number of carbonyl (C=O) groups is 1.